The van der Waals surface area contributed by atoms with Gasteiger partial charge in [-0.1, -0.05) is 12.1 Å². The summed E-state index contributed by atoms with van der Waals surface area (Å²) in [5, 5.41) is 3.21. The zero-order valence-corrected chi connectivity index (χ0v) is 10.5. The SMILES string of the molecule is CCOC(=O)CNC(c1ccc(F)cc1)C1CC1. The standard InChI is InChI=1S/C14H18FNO2/c1-2-18-13(17)9-16-14(10-3-4-10)11-5-7-12(15)8-6-11/h5-8,10,14,16H,2-4,9H2,1H3. The lowest BCUT2D eigenvalue weighted by Crippen LogP contribution is -2.30. The number of halogens is 1. The van der Waals surface area contributed by atoms with E-state index in [4.69, 9.17) is 4.74 Å². The predicted molar refractivity (Wildman–Crippen MR) is 66.5 cm³/mol. The number of esters is 1. The second-order valence-electron chi connectivity index (χ2n) is 4.55. The molecule has 0 saturated heterocycles. The van der Waals surface area contributed by atoms with E-state index in [0.29, 0.717) is 12.5 Å². The van der Waals surface area contributed by atoms with E-state index in [1.54, 1.807) is 19.1 Å². The maximum absolute atomic E-state index is 12.9. The number of hydrogen-bond acceptors (Lipinski definition) is 3. The first-order valence-electron chi connectivity index (χ1n) is 6.35. The summed E-state index contributed by atoms with van der Waals surface area (Å²) in [4.78, 5) is 11.3. The molecule has 1 saturated carbocycles. The topological polar surface area (TPSA) is 38.3 Å². The van der Waals surface area contributed by atoms with E-state index in [1.807, 2.05) is 0 Å². The Hall–Kier alpha value is -1.42. The molecule has 0 aliphatic heterocycles. The van der Waals surface area contributed by atoms with Gasteiger partial charge < -0.3 is 4.74 Å². The Balaban J connectivity index is 1.96. The first-order valence-corrected chi connectivity index (χ1v) is 6.35. The maximum atomic E-state index is 12.9. The average Bonchev–Trinajstić information content (AvgIpc) is 3.16. The van der Waals surface area contributed by atoms with Crippen LogP contribution in [0.25, 0.3) is 0 Å². The van der Waals surface area contributed by atoms with Crippen LogP contribution < -0.4 is 5.32 Å². The minimum Gasteiger partial charge on any atom is -0.465 e. The van der Waals surface area contributed by atoms with Crippen molar-refractivity contribution in [1.82, 2.24) is 5.32 Å². The van der Waals surface area contributed by atoms with Crippen molar-refractivity contribution in [2.75, 3.05) is 13.2 Å². The van der Waals surface area contributed by atoms with Gasteiger partial charge in [-0.3, -0.25) is 10.1 Å². The maximum Gasteiger partial charge on any atom is 0.319 e. The van der Waals surface area contributed by atoms with Gasteiger partial charge in [0.25, 0.3) is 0 Å². The van der Waals surface area contributed by atoms with E-state index in [9.17, 15) is 9.18 Å². The molecule has 1 aliphatic rings. The summed E-state index contributed by atoms with van der Waals surface area (Å²) in [6.45, 7) is 2.38. The molecule has 1 unspecified atom stereocenters. The van der Waals surface area contributed by atoms with Gasteiger partial charge in [0.1, 0.15) is 5.82 Å². The Morgan fingerprint density at radius 2 is 2.11 bits per heavy atom. The van der Waals surface area contributed by atoms with E-state index in [0.717, 1.165) is 18.4 Å². The molecule has 0 spiro atoms. The van der Waals surface area contributed by atoms with E-state index < -0.39 is 0 Å². The molecule has 4 heteroatoms. The molecule has 0 bridgehead atoms. The molecular formula is C14H18FNO2. The first kappa shape index (κ1) is 13.0. The van der Waals surface area contributed by atoms with Crippen LogP contribution in [0.1, 0.15) is 31.4 Å². The second kappa shape index (κ2) is 5.96. The Kier molecular flexibility index (Phi) is 4.31. The van der Waals surface area contributed by atoms with Crippen LogP contribution in [0.5, 0.6) is 0 Å². The molecular weight excluding hydrogens is 233 g/mol. The van der Waals surface area contributed by atoms with Gasteiger partial charge in [0.15, 0.2) is 0 Å². The number of carbonyl (C=O) groups excluding carboxylic acids is 1. The van der Waals surface area contributed by atoms with E-state index in [2.05, 4.69) is 5.32 Å². The van der Waals surface area contributed by atoms with Crippen molar-refractivity contribution in [2.45, 2.75) is 25.8 Å². The van der Waals surface area contributed by atoms with Crippen LogP contribution in [0, 0.1) is 11.7 Å². The lowest BCUT2D eigenvalue weighted by Gasteiger charge is -2.18. The summed E-state index contributed by atoms with van der Waals surface area (Å²) in [5.41, 5.74) is 1.03. The van der Waals surface area contributed by atoms with Crippen LogP contribution in [-0.4, -0.2) is 19.1 Å². The molecule has 1 aliphatic carbocycles. The van der Waals surface area contributed by atoms with Crippen LogP contribution in [0.4, 0.5) is 4.39 Å². The molecule has 1 aromatic rings. The first-order chi connectivity index (χ1) is 8.70. The lowest BCUT2D eigenvalue weighted by molar-refractivity contribution is -0.142. The highest BCUT2D eigenvalue weighted by Gasteiger charge is 2.32. The van der Waals surface area contributed by atoms with Crippen molar-refractivity contribution in [3.8, 4) is 0 Å². The zero-order chi connectivity index (χ0) is 13.0. The van der Waals surface area contributed by atoms with Crippen molar-refractivity contribution in [1.29, 1.82) is 0 Å². The number of benzene rings is 1. The summed E-state index contributed by atoms with van der Waals surface area (Å²) in [5.74, 6) is 0.0637. The van der Waals surface area contributed by atoms with Gasteiger partial charge in [0.05, 0.1) is 13.2 Å². The van der Waals surface area contributed by atoms with Crippen LogP contribution in [0.2, 0.25) is 0 Å². The van der Waals surface area contributed by atoms with Gasteiger partial charge in [0, 0.05) is 6.04 Å². The molecule has 98 valence electrons. The molecule has 1 fully saturated rings. The largest absolute Gasteiger partial charge is 0.465 e. The van der Waals surface area contributed by atoms with Gasteiger partial charge in [-0.15, -0.1) is 0 Å². The van der Waals surface area contributed by atoms with E-state index in [-0.39, 0.29) is 24.4 Å². The quantitative estimate of drug-likeness (QED) is 0.789. The third-order valence-electron chi connectivity index (χ3n) is 3.09. The molecule has 1 aromatic carbocycles. The van der Waals surface area contributed by atoms with Crippen molar-refractivity contribution in [3.05, 3.63) is 35.6 Å². The van der Waals surface area contributed by atoms with E-state index in [1.165, 1.54) is 12.1 Å². The summed E-state index contributed by atoms with van der Waals surface area (Å²) in [6.07, 6.45) is 2.30. The van der Waals surface area contributed by atoms with Gasteiger partial charge in [-0.05, 0) is 43.4 Å². The highest BCUT2D eigenvalue weighted by molar-refractivity contribution is 5.71. The Labute approximate surface area is 106 Å². The number of rotatable bonds is 6. The third-order valence-corrected chi connectivity index (χ3v) is 3.09. The number of ether oxygens (including phenoxy) is 1. The van der Waals surface area contributed by atoms with Crippen molar-refractivity contribution >= 4 is 5.97 Å². The highest BCUT2D eigenvalue weighted by atomic mass is 19.1. The Morgan fingerprint density at radius 1 is 1.44 bits per heavy atom. The normalized spacial score (nSPS) is 16.3. The lowest BCUT2D eigenvalue weighted by atomic mass is 10.0. The minimum absolute atomic E-state index is 0.120. The Bertz CT molecular complexity index is 401. The number of carbonyl (C=O) groups is 1. The fourth-order valence-electron chi connectivity index (χ4n) is 2.06. The second-order valence-corrected chi connectivity index (χ2v) is 4.55. The Morgan fingerprint density at radius 3 is 2.67 bits per heavy atom. The molecule has 0 radical (unpaired) electrons. The highest BCUT2D eigenvalue weighted by Crippen LogP contribution is 2.40. The van der Waals surface area contributed by atoms with E-state index >= 15 is 0 Å². The number of nitrogens with one attached hydrogen (secondary N) is 1. The molecule has 2 rings (SSSR count). The molecule has 0 heterocycles. The number of hydrogen-bond donors (Lipinski definition) is 1. The molecule has 1 N–H and O–H groups in total. The minimum atomic E-state index is -0.245. The van der Waals surface area contributed by atoms with Gasteiger partial charge in [0.2, 0.25) is 0 Å². The summed E-state index contributed by atoms with van der Waals surface area (Å²) < 4.78 is 17.8. The predicted octanol–water partition coefficient (Wildman–Crippen LogP) is 2.43. The third kappa shape index (κ3) is 3.53. The fraction of sp³-hybridized carbons (Fsp3) is 0.500. The van der Waals surface area contributed by atoms with Gasteiger partial charge >= 0.3 is 5.97 Å². The van der Waals surface area contributed by atoms with Crippen molar-refractivity contribution in [2.24, 2.45) is 5.92 Å². The van der Waals surface area contributed by atoms with Crippen molar-refractivity contribution < 1.29 is 13.9 Å². The fourth-order valence-corrected chi connectivity index (χ4v) is 2.06. The molecule has 1 atom stereocenters. The smallest absolute Gasteiger partial charge is 0.319 e. The van der Waals surface area contributed by atoms with Crippen LogP contribution in [0.15, 0.2) is 24.3 Å². The zero-order valence-electron chi connectivity index (χ0n) is 10.5. The summed E-state index contributed by atoms with van der Waals surface area (Å²) >= 11 is 0. The van der Waals surface area contributed by atoms with Crippen LogP contribution in [-0.2, 0) is 9.53 Å². The van der Waals surface area contributed by atoms with Gasteiger partial charge in [-0.25, -0.2) is 4.39 Å². The summed E-state index contributed by atoms with van der Waals surface area (Å²) in [7, 11) is 0. The van der Waals surface area contributed by atoms with Crippen LogP contribution in [0.3, 0.4) is 0 Å². The molecule has 0 amide bonds. The van der Waals surface area contributed by atoms with Crippen LogP contribution >= 0.6 is 0 Å². The molecule has 0 aromatic heterocycles. The molecule has 3 nitrogen and oxygen atoms in total. The summed E-state index contributed by atoms with van der Waals surface area (Å²) in [6, 6.07) is 6.58. The molecule has 18 heavy (non-hydrogen) atoms. The average molecular weight is 251 g/mol. The monoisotopic (exact) mass is 251 g/mol. The van der Waals surface area contributed by atoms with Crippen molar-refractivity contribution in [3.63, 3.8) is 0 Å². The van der Waals surface area contributed by atoms with Gasteiger partial charge in [-0.2, -0.15) is 0 Å².